The first kappa shape index (κ1) is 16.6. The highest BCUT2D eigenvalue weighted by Crippen LogP contribution is 2.20. The summed E-state index contributed by atoms with van der Waals surface area (Å²) in [7, 11) is 0. The van der Waals surface area contributed by atoms with Gasteiger partial charge in [0.25, 0.3) is 0 Å². The lowest BCUT2D eigenvalue weighted by atomic mass is 9.95. The Hall–Kier alpha value is -1.73. The molecule has 0 saturated carbocycles. The maximum atomic E-state index is 11.7. The molecule has 0 spiro atoms. The molecule has 1 saturated heterocycles. The molecule has 6 heteroatoms. The van der Waals surface area contributed by atoms with Gasteiger partial charge in [0.2, 0.25) is 5.91 Å². The molecule has 1 heterocycles. The largest absolute Gasteiger partial charge is 0.388 e. The molecule has 0 aliphatic carbocycles. The summed E-state index contributed by atoms with van der Waals surface area (Å²) in [6.07, 6.45) is -1.98. The summed E-state index contributed by atoms with van der Waals surface area (Å²) < 4.78 is 5.40. The summed E-state index contributed by atoms with van der Waals surface area (Å²) in [5.41, 5.74) is 0.902. The summed E-state index contributed by atoms with van der Waals surface area (Å²) >= 11 is 0. The Balaban J connectivity index is 1.84. The van der Waals surface area contributed by atoms with Gasteiger partial charge in [-0.3, -0.25) is 4.79 Å². The number of carbonyl (C=O) groups is 1. The lowest BCUT2D eigenvalue weighted by Gasteiger charge is -2.39. The fraction of sp³-hybridized carbons (Fsp3) is 0.438. The second-order valence-electron chi connectivity index (χ2n) is 5.34. The number of rotatable bonds is 4. The van der Waals surface area contributed by atoms with Crippen molar-refractivity contribution in [2.24, 2.45) is 0 Å². The monoisotopic (exact) mass is 307 g/mol. The molecule has 2 rings (SSSR count). The van der Waals surface area contributed by atoms with Gasteiger partial charge in [0.15, 0.2) is 0 Å². The molecule has 120 valence electrons. The minimum atomic E-state index is -1.29. The molecule has 4 N–H and O–H groups in total. The molecule has 0 bridgehead atoms. The summed E-state index contributed by atoms with van der Waals surface area (Å²) in [6.45, 7) is 1.65. The lowest BCUT2D eigenvalue weighted by Crippen LogP contribution is -2.59. The molecule has 6 nitrogen and oxygen atoms in total. The van der Waals surface area contributed by atoms with E-state index in [0.717, 1.165) is 5.56 Å². The van der Waals surface area contributed by atoms with Crippen molar-refractivity contribution in [3.8, 4) is 0 Å². The first-order chi connectivity index (χ1) is 10.5. The molecular weight excluding hydrogens is 286 g/mol. The van der Waals surface area contributed by atoms with Crippen LogP contribution in [-0.2, 0) is 9.53 Å². The topological polar surface area (TPSA) is 99.0 Å². The van der Waals surface area contributed by atoms with E-state index in [4.69, 9.17) is 4.74 Å². The zero-order valence-corrected chi connectivity index (χ0v) is 12.3. The van der Waals surface area contributed by atoms with Gasteiger partial charge in [-0.25, -0.2) is 0 Å². The van der Waals surface area contributed by atoms with Gasteiger partial charge < -0.3 is 25.4 Å². The van der Waals surface area contributed by atoms with E-state index < -0.39 is 30.5 Å². The zero-order chi connectivity index (χ0) is 16.1. The van der Waals surface area contributed by atoms with E-state index in [0.29, 0.717) is 0 Å². The van der Waals surface area contributed by atoms with E-state index >= 15 is 0 Å². The highest BCUT2D eigenvalue weighted by Gasteiger charge is 2.41. The van der Waals surface area contributed by atoms with Crippen molar-refractivity contribution in [1.29, 1.82) is 0 Å². The van der Waals surface area contributed by atoms with E-state index in [1.54, 1.807) is 13.0 Å². The van der Waals surface area contributed by atoms with Crippen LogP contribution < -0.4 is 5.32 Å². The van der Waals surface area contributed by atoms with E-state index in [1.807, 2.05) is 30.3 Å². The normalized spacial score (nSPS) is 32.1. The highest BCUT2D eigenvalue weighted by molar-refractivity contribution is 5.91. The fourth-order valence-electron chi connectivity index (χ4n) is 2.30. The third kappa shape index (κ3) is 4.14. The van der Waals surface area contributed by atoms with Crippen LogP contribution in [0.25, 0.3) is 6.08 Å². The summed E-state index contributed by atoms with van der Waals surface area (Å²) in [6, 6.07) is 9.38. The standard InChI is InChI=1S/C16H21NO5/c1-10-14(19)16(21)15(20)12(22-10)9-17-13(18)8-7-11-5-3-2-4-6-11/h2-8,10,12,14-16,19-21H,9H2,1H3,(H,17,18)/b8-7+/t10?,12-,14-,15?,16?/m1/s1. The van der Waals surface area contributed by atoms with Gasteiger partial charge in [-0.15, -0.1) is 0 Å². The Morgan fingerprint density at radius 1 is 1.18 bits per heavy atom. The van der Waals surface area contributed by atoms with Crippen molar-refractivity contribution in [1.82, 2.24) is 5.32 Å². The molecule has 5 atom stereocenters. The van der Waals surface area contributed by atoms with Crippen molar-refractivity contribution < 1.29 is 24.9 Å². The molecule has 1 aliphatic heterocycles. The number of benzene rings is 1. The number of hydrogen-bond acceptors (Lipinski definition) is 5. The Bertz CT molecular complexity index is 519. The van der Waals surface area contributed by atoms with E-state index in [2.05, 4.69) is 5.32 Å². The van der Waals surface area contributed by atoms with Crippen LogP contribution in [0.2, 0.25) is 0 Å². The average Bonchev–Trinajstić information content (AvgIpc) is 2.54. The van der Waals surface area contributed by atoms with Gasteiger partial charge in [-0.2, -0.15) is 0 Å². The number of ether oxygens (including phenoxy) is 1. The quantitative estimate of drug-likeness (QED) is 0.572. The molecule has 1 aromatic carbocycles. The number of amides is 1. The average molecular weight is 307 g/mol. The molecule has 0 aromatic heterocycles. The number of aliphatic hydroxyl groups excluding tert-OH is 3. The predicted octanol–water partition coefficient (Wildman–Crippen LogP) is -0.314. The third-order valence-corrected chi connectivity index (χ3v) is 3.66. The van der Waals surface area contributed by atoms with E-state index in [1.165, 1.54) is 6.08 Å². The van der Waals surface area contributed by atoms with Crippen LogP contribution >= 0.6 is 0 Å². The van der Waals surface area contributed by atoms with Crippen molar-refractivity contribution in [3.63, 3.8) is 0 Å². The third-order valence-electron chi connectivity index (χ3n) is 3.66. The molecule has 1 aliphatic rings. The van der Waals surface area contributed by atoms with Crippen LogP contribution in [0.3, 0.4) is 0 Å². The Morgan fingerprint density at radius 3 is 2.55 bits per heavy atom. The van der Waals surface area contributed by atoms with Crippen molar-refractivity contribution in [2.45, 2.75) is 37.4 Å². The summed E-state index contributed by atoms with van der Waals surface area (Å²) in [5.74, 6) is -0.326. The first-order valence-electron chi connectivity index (χ1n) is 7.19. The van der Waals surface area contributed by atoms with Crippen LogP contribution in [0.15, 0.2) is 36.4 Å². The van der Waals surface area contributed by atoms with Crippen molar-refractivity contribution in [3.05, 3.63) is 42.0 Å². The lowest BCUT2D eigenvalue weighted by molar-refractivity contribution is -0.215. The van der Waals surface area contributed by atoms with Gasteiger partial charge in [0.05, 0.1) is 6.10 Å². The van der Waals surface area contributed by atoms with Crippen molar-refractivity contribution in [2.75, 3.05) is 6.54 Å². The summed E-state index contributed by atoms with van der Waals surface area (Å²) in [5, 5.41) is 31.7. The number of hydrogen-bond donors (Lipinski definition) is 4. The minimum absolute atomic E-state index is 0.0489. The number of aliphatic hydroxyl groups is 3. The van der Waals surface area contributed by atoms with Gasteiger partial charge >= 0.3 is 0 Å². The maximum Gasteiger partial charge on any atom is 0.244 e. The first-order valence-corrected chi connectivity index (χ1v) is 7.19. The molecule has 22 heavy (non-hydrogen) atoms. The van der Waals surface area contributed by atoms with Crippen LogP contribution in [-0.4, -0.2) is 58.3 Å². The number of carbonyl (C=O) groups excluding carboxylic acids is 1. The van der Waals surface area contributed by atoms with Crippen LogP contribution in [0.5, 0.6) is 0 Å². The minimum Gasteiger partial charge on any atom is -0.388 e. The van der Waals surface area contributed by atoms with E-state index in [-0.39, 0.29) is 12.5 Å². The Kier molecular flexibility index (Phi) is 5.68. The Labute approximate surface area is 129 Å². The zero-order valence-electron chi connectivity index (χ0n) is 12.3. The second kappa shape index (κ2) is 7.51. The smallest absolute Gasteiger partial charge is 0.244 e. The van der Waals surface area contributed by atoms with Crippen LogP contribution in [0.1, 0.15) is 12.5 Å². The molecule has 1 aromatic rings. The van der Waals surface area contributed by atoms with Gasteiger partial charge in [0, 0.05) is 12.6 Å². The van der Waals surface area contributed by atoms with Crippen LogP contribution in [0, 0.1) is 0 Å². The van der Waals surface area contributed by atoms with Gasteiger partial charge in [-0.1, -0.05) is 30.3 Å². The van der Waals surface area contributed by atoms with Crippen molar-refractivity contribution >= 4 is 12.0 Å². The maximum absolute atomic E-state index is 11.7. The van der Waals surface area contributed by atoms with E-state index in [9.17, 15) is 20.1 Å². The Morgan fingerprint density at radius 2 is 1.86 bits per heavy atom. The molecule has 0 radical (unpaired) electrons. The van der Waals surface area contributed by atoms with Gasteiger partial charge in [0.1, 0.15) is 24.4 Å². The molecular formula is C16H21NO5. The molecule has 3 unspecified atom stereocenters. The second-order valence-corrected chi connectivity index (χ2v) is 5.34. The highest BCUT2D eigenvalue weighted by atomic mass is 16.5. The van der Waals surface area contributed by atoms with Crippen LogP contribution in [0.4, 0.5) is 0 Å². The molecule has 1 amide bonds. The SMILES string of the molecule is CC1O[C@H](CNC(=O)/C=C/c2ccccc2)C(O)C(O)[C@@H]1O. The molecule has 1 fully saturated rings. The summed E-state index contributed by atoms with van der Waals surface area (Å²) in [4.78, 5) is 11.7. The van der Waals surface area contributed by atoms with Gasteiger partial charge in [-0.05, 0) is 18.6 Å². The fourth-order valence-corrected chi connectivity index (χ4v) is 2.30. The number of nitrogens with one attached hydrogen (secondary N) is 1. The predicted molar refractivity (Wildman–Crippen MR) is 80.8 cm³/mol.